The van der Waals surface area contributed by atoms with Gasteiger partial charge in [-0.15, -0.1) is 0 Å². The van der Waals surface area contributed by atoms with Crippen molar-refractivity contribution in [2.45, 2.75) is 12.2 Å². The molecule has 15 heavy (non-hydrogen) atoms. The fourth-order valence-corrected chi connectivity index (χ4v) is 1.43. The van der Waals surface area contributed by atoms with Gasteiger partial charge < -0.3 is 5.32 Å². The van der Waals surface area contributed by atoms with Crippen molar-refractivity contribution < 1.29 is 13.2 Å². The number of anilines is 1. The van der Waals surface area contributed by atoms with E-state index in [0.717, 1.165) is 6.21 Å². The first-order valence-electron chi connectivity index (χ1n) is 4.14. The van der Waals surface area contributed by atoms with Crippen LogP contribution < -0.4 is 5.32 Å². The van der Waals surface area contributed by atoms with Gasteiger partial charge in [-0.05, 0) is 18.2 Å². The van der Waals surface area contributed by atoms with E-state index in [0.29, 0.717) is 16.4 Å². The fourth-order valence-electron chi connectivity index (χ4n) is 1.26. The zero-order valence-corrected chi connectivity index (χ0v) is 8.10. The molecular formula is C9H6ClF3N2. The molecule has 0 radical (unpaired) electrons. The van der Waals surface area contributed by atoms with Crippen LogP contribution in [0.2, 0.25) is 5.02 Å². The summed E-state index contributed by atoms with van der Waals surface area (Å²) in [4.78, 5) is 3.72. The molecule has 0 bridgehead atoms. The molecule has 0 saturated carbocycles. The van der Waals surface area contributed by atoms with Crippen LogP contribution in [0.1, 0.15) is 0 Å². The van der Waals surface area contributed by atoms with Gasteiger partial charge in [-0.2, -0.15) is 13.2 Å². The summed E-state index contributed by atoms with van der Waals surface area (Å²) >= 11 is 5.67. The third kappa shape index (κ3) is 2.07. The van der Waals surface area contributed by atoms with Gasteiger partial charge in [-0.3, -0.25) is 4.99 Å². The van der Waals surface area contributed by atoms with E-state index >= 15 is 0 Å². The van der Waals surface area contributed by atoms with Crippen LogP contribution >= 0.6 is 11.6 Å². The highest BCUT2D eigenvalue weighted by Crippen LogP contribution is 2.34. The fraction of sp³-hybridized carbons (Fsp3) is 0.222. The van der Waals surface area contributed by atoms with Crippen molar-refractivity contribution in [3.05, 3.63) is 23.2 Å². The minimum absolute atomic E-state index is 0.298. The van der Waals surface area contributed by atoms with Gasteiger partial charge in [-0.1, -0.05) is 11.6 Å². The second kappa shape index (κ2) is 3.41. The normalized spacial score (nSPS) is 19.6. The predicted octanol–water partition coefficient (Wildman–Crippen LogP) is 3.40. The quantitative estimate of drug-likeness (QED) is 0.731. The summed E-state index contributed by atoms with van der Waals surface area (Å²) < 4.78 is 37.0. The highest BCUT2D eigenvalue weighted by atomic mass is 35.5. The molecule has 0 aliphatic carbocycles. The number of hydrogen-bond donors (Lipinski definition) is 1. The lowest BCUT2D eigenvalue weighted by atomic mass is 10.2. The third-order valence-corrected chi connectivity index (χ3v) is 2.22. The van der Waals surface area contributed by atoms with E-state index in [1.807, 2.05) is 0 Å². The minimum Gasteiger partial charge on any atom is -0.368 e. The van der Waals surface area contributed by atoms with E-state index in [1.165, 1.54) is 6.07 Å². The van der Waals surface area contributed by atoms with Crippen molar-refractivity contribution in [1.29, 1.82) is 0 Å². The Morgan fingerprint density at radius 2 is 2.07 bits per heavy atom. The Morgan fingerprint density at radius 3 is 2.73 bits per heavy atom. The largest absolute Gasteiger partial charge is 0.413 e. The van der Waals surface area contributed by atoms with E-state index in [9.17, 15) is 13.2 Å². The smallest absolute Gasteiger partial charge is 0.368 e. The van der Waals surface area contributed by atoms with Crippen LogP contribution in [0.4, 0.5) is 24.5 Å². The number of alkyl halides is 3. The summed E-state index contributed by atoms with van der Waals surface area (Å²) in [5, 5.41) is 2.69. The lowest BCUT2D eigenvalue weighted by Crippen LogP contribution is -2.38. The van der Waals surface area contributed by atoms with Crippen LogP contribution in [0, 0.1) is 0 Å². The summed E-state index contributed by atoms with van der Waals surface area (Å²) in [7, 11) is 0. The Labute approximate surface area is 88.8 Å². The van der Waals surface area contributed by atoms with E-state index in [1.54, 1.807) is 12.1 Å². The van der Waals surface area contributed by atoms with Gasteiger partial charge in [0.25, 0.3) is 0 Å². The van der Waals surface area contributed by atoms with Gasteiger partial charge in [0.05, 0.1) is 11.4 Å². The number of aliphatic imine (C=N–C) groups is 1. The van der Waals surface area contributed by atoms with E-state index < -0.39 is 12.2 Å². The molecule has 1 aromatic carbocycles. The van der Waals surface area contributed by atoms with Crippen molar-refractivity contribution in [1.82, 2.24) is 0 Å². The number of nitrogens with one attached hydrogen (secondary N) is 1. The average molecular weight is 235 g/mol. The third-order valence-electron chi connectivity index (χ3n) is 1.98. The van der Waals surface area contributed by atoms with Gasteiger partial charge in [0, 0.05) is 11.2 Å². The van der Waals surface area contributed by atoms with Gasteiger partial charge in [-0.25, -0.2) is 0 Å². The molecule has 0 fully saturated rings. The Bertz CT molecular complexity index is 414. The Morgan fingerprint density at radius 1 is 1.33 bits per heavy atom. The van der Waals surface area contributed by atoms with Gasteiger partial charge >= 0.3 is 6.18 Å². The molecule has 0 aromatic heterocycles. The zero-order chi connectivity index (χ0) is 11.1. The summed E-state index contributed by atoms with van der Waals surface area (Å²) in [5.74, 6) is 0. The number of halogens is 4. The van der Waals surface area contributed by atoms with Crippen LogP contribution in [0.15, 0.2) is 23.2 Å². The number of fused-ring (bicyclic) bond motifs is 1. The Hall–Kier alpha value is -1.23. The molecule has 1 aromatic rings. The maximum Gasteiger partial charge on any atom is 0.413 e. The lowest BCUT2D eigenvalue weighted by molar-refractivity contribution is -0.127. The summed E-state index contributed by atoms with van der Waals surface area (Å²) in [6.45, 7) is 0. The maximum absolute atomic E-state index is 12.3. The van der Waals surface area contributed by atoms with Crippen molar-refractivity contribution in [2.75, 3.05) is 5.32 Å². The van der Waals surface area contributed by atoms with Gasteiger partial charge in [0.1, 0.15) is 0 Å². The zero-order valence-electron chi connectivity index (χ0n) is 7.35. The Kier molecular flexibility index (Phi) is 2.34. The van der Waals surface area contributed by atoms with Crippen LogP contribution in [0.5, 0.6) is 0 Å². The van der Waals surface area contributed by atoms with Crippen molar-refractivity contribution in [2.24, 2.45) is 4.99 Å². The molecule has 1 N–H and O–H groups in total. The van der Waals surface area contributed by atoms with Crippen molar-refractivity contribution in [3.8, 4) is 0 Å². The van der Waals surface area contributed by atoms with Crippen LogP contribution in [0.25, 0.3) is 0 Å². The molecule has 2 rings (SSSR count). The van der Waals surface area contributed by atoms with Crippen LogP contribution in [0.3, 0.4) is 0 Å². The molecule has 80 valence electrons. The van der Waals surface area contributed by atoms with Crippen molar-refractivity contribution in [3.63, 3.8) is 0 Å². The van der Waals surface area contributed by atoms with E-state index in [2.05, 4.69) is 10.3 Å². The Balaban J connectivity index is 2.33. The first kappa shape index (κ1) is 10.3. The molecule has 0 amide bonds. The van der Waals surface area contributed by atoms with Gasteiger partial charge in [0.2, 0.25) is 0 Å². The predicted molar refractivity (Wildman–Crippen MR) is 53.1 cm³/mol. The summed E-state index contributed by atoms with van der Waals surface area (Å²) in [6.07, 6.45) is -3.50. The molecule has 1 heterocycles. The molecule has 1 unspecified atom stereocenters. The number of nitrogens with zero attached hydrogens (tertiary/aromatic N) is 1. The summed E-state index contributed by atoms with van der Waals surface area (Å²) in [6, 6.07) is 2.82. The second-order valence-corrected chi connectivity index (χ2v) is 3.54. The highest BCUT2D eigenvalue weighted by Gasteiger charge is 2.40. The first-order chi connectivity index (χ1) is 6.97. The minimum atomic E-state index is -4.34. The SMILES string of the molecule is FC(F)(F)C1C=Nc2ccc(Cl)cc2N1. The topological polar surface area (TPSA) is 24.4 Å². The molecule has 0 saturated heterocycles. The second-order valence-electron chi connectivity index (χ2n) is 3.10. The first-order valence-corrected chi connectivity index (χ1v) is 4.51. The molecular weight excluding hydrogens is 229 g/mol. The lowest BCUT2D eigenvalue weighted by Gasteiger charge is -2.23. The van der Waals surface area contributed by atoms with E-state index in [-0.39, 0.29) is 0 Å². The number of benzene rings is 1. The highest BCUT2D eigenvalue weighted by molar-refractivity contribution is 6.31. The monoisotopic (exact) mass is 234 g/mol. The van der Waals surface area contributed by atoms with Gasteiger partial charge in [0.15, 0.2) is 6.04 Å². The number of hydrogen-bond acceptors (Lipinski definition) is 2. The van der Waals surface area contributed by atoms with Crippen LogP contribution in [-0.2, 0) is 0 Å². The van der Waals surface area contributed by atoms with Crippen LogP contribution in [-0.4, -0.2) is 18.4 Å². The average Bonchev–Trinajstić information content (AvgIpc) is 2.15. The maximum atomic E-state index is 12.3. The molecule has 1 aliphatic rings. The molecule has 2 nitrogen and oxygen atoms in total. The molecule has 0 spiro atoms. The van der Waals surface area contributed by atoms with Crippen molar-refractivity contribution >= 4 is 29.2 Å². The molecule has 1 atom stereocenters. The summed E-state index contributed by atoms with van der Waals surface area (Å²) in [5.41, 5.74) is 0.757. The molecule has 1 aliphatic heterocycles. The number of rotatable bonds is 0. The molecule has 6 heteroatoms. The standard InChI is InChI=1S/C9H6ClF3N2/c10-5-1-2-6-7(3-5)15-8(4-14-6)9(11,12)13/h1-4,8,15H. The van der Waals surface area contributed by atoms with E-state index in [4.69, 9.17) is 11.6 Å².